The van der Waals surface area contributed by atoms with Crippen LogP contribution in [0.25, 0.3) is 0 Å². The van der Waals surface area contributed by atoms with Crippen LogP contribution in [0.5, 0.6) is 0 Å². The molecule has 0 amide bonds. The first-order valence-electron chi connectivity index (χ1n) is 15.9. The zero-order valence-corrected chi connectivity index (χ0v) is 26.1. The summed E-state index contributed by atoms with van der Waals surface area (Å²) in [7, 11) is 4.03. The van der Waals surface area contributed by atoms with E-state index >= 15 is 0 Å². The van der Waals surface area contributed by atoms with Crippen LogP contribution in [0.15, 0.2) is 0 Å². The van der Waals surface area contributed by atoms with E-state index in [9.17, 15) is 8.78 Å². The van der Waals surface area contributed by atoms with Gasteiger partial charge in [0.1, 0.15) is 0 Å². The third-order valence-corrected chi connectivity index (χ3v) is 11.8. The third-order valence-electron chi connectivity index (χ3n) is 11.8. The average molecular weight is 542 g/mol. The smallest absolute Gasteiger partial charge is 0.248 e. The Labute approximate surface area is 234 Å². The van der Waals surface area contributed by atoms with Gasteiger partial charge in [-0.3, -0.25) is 0 Å². The summed E-state index contributed by atoms with van der Waals surface area (Å²) in [5.41, 5.74) is 0.729. The van der Waals surface area contributed by atoms with E-state index in [0.717, 1.165) is 45.1 Å². The largest absolute Gasteiger partial charge is 0.383 e. The quantitative estimate of drug-likeness (QED) is 0.232. The maximum atomic E-state index is 14.1. The molecule has 3 aliphatic rings. The summed E-state index contributed by atoms with van der Waals surface area (Å²) < 4.78 is 39.2. The molecule has 0 aromatic rings. The predicted octanol–water partition coefficient (Wildman–Crippen LogP) is 8.99. The summed E-state index contributed by atoms with van der Waals surface area (Å²) >= 11 is 0. The first-order valence-corrected chi connectivity index (χ1v) is 15.9. The lowest BCUT2D eigenvalue weighted by atomic mass is 9.59. The van der Waals surface area contributed by atoms with Crippen LogP contribution in [0.4, 0.5) is 8.78 Å². The maximum Gasteiger partial charge on any atom is 0.248 e. The molecular formula is C33H61F2NO2. The minimum atomic E-state index is -2.45. The molecule has 1 unspecified atom stereocenters. The monoisotopic (exact) mass is 541 g/mol. The number of halogens is 2. The Morgan fingerprint density at radius 1 is 0.737 bits per heavy atom. The molecule has 3 nitrogen and oxygen atoms in total. The molecule has 0 bridgehead atoms. The Hall–Kier alpha value is -0.260. The molecule has 2 saturated carbocycles. The minimum Gasteiger partial charge on any atom is -0.383 e. The minimum absolute atomic E-state index is 0.0839. The Morgan fingerprint density at radius 3 is 1.74 bits per heavy atom. The van der Waals surface area contributed by atoms with E-state index in [2.05, 4.69) is 46.6 Å². The lowest BCUT2D eigenvalue weighted by Crippen LogP contribution is -2.40. The number of rotatable bonds is 13. The van der Waals surface area contributed by atoms with Crippen molar-refractivity contribution in [2.24, 2.45) is 34.0 Å². The highest BCUT2D eigenvalue weighted by Gasteiger charge is 2.45. The van der Waals surface area contributed by atoms with Crippen molar-refractivity contribution in [1.29, 1.82) is 0 Å². The molecule has 38 heavy (non-hydrogen) atoms. The van der Waals surface area contributed by atoms with E-state index in [1.165, 1.54) is 51.4 Å². The predicted molar refractivity (Wildman–Crippen MR) is 155 cm³/mol. The maximum absolute atomic E-state index is 14.1. The molecule has 3 fully saturated rings. The van der Waals surface area contributed by atoms with Gasteiger partial charge in [-0.15, -0.1) is 0 Å². The standard InChI is InChI=1S/C33H61F2NO2/c1-30(2,26-8-10-29(11-9-26)36(6)22-25-37-7)18-20-32(5,28-12-16-33(34,35)17-13-28)21-19-31(3,4)27-14-23-38-24-15-27/h26-29H,8-25H2,1-7H3. The summed E-state index contributed by atoms with van der Waals surface area (Å²) in [6.45, 7) is 16.0. The molecule has 0 spiro atoms. The van der Waals surface area contributed by atoms with Crippen LogP contribution in [0.3, 0.4) is 0 Å². The molecule has 224 valence electrons. The van der Waals surface area contributed by atoms with Gasteiger partial charge in [0.2, 0.25) is 5.92 Å². The molecule has 1 aliphatic heterocycles. The number of ether oxygens (including phenoxy) is 2. The molecule has 3 rings (SSSR count). The SMILES string of the molecule is COCCN(C)C1CCC(C(C)(C)CCC(C)(CCC(C)(C)C2CCOCC2)C2CCC(F)(F)CC2)CC1. The Kier molecular flexibility index (Phi) is 11.5. The Balaban J connectivity index is 1.62. The van der Waals surface area contributed by atoms with E-state index in [-0.39, 0.29) is 23.7 Å². The number of hydrogen-bond acceptors (Lipinski definition) is 3. The van der Waals surface area contributed by atoms with Crippen LogP contribution in [-0.4, -0.2) is 57.4 Å². The van der Waals surface area contributed by atoms with Gasteiger partial charge in [-0.05, 0) is 118 Å². The Morgan fingerprint density at radius 2 is 1.24 bits per heavy atom. The molecular weight excluding hydrogens is 480 g/mol. The molecule has 2 aliphatic carbocycles. The Bertz CT molecular complexity index is 687. The molecule has 1 atom stereocenters. The molecule has 0 radical (unpaired) electrons. The highest BCUT2D eigenvalue weighted by Crippen LogP contribution is 2.53. The van der Waals surface area contributed by atoms with E-state index in [1.54, 1.807) is 7.11 Å². The van der Waals surface area contributed by atoms with E-state index < -0.39 is 5.92 Å². The fraction of sp³-hybridized carbons (Fsp3) is 1.00. The van der Waals surface area contributed by atoms with Gasteiger partial charge in [-0.25, -0.2) is 8.78 Å². The van der Waals surface area contributed by atoms with Crippen LogP contribution in [0, 0.1) is 34.0 Å². The van der Waals surface area contributed by atoms with Crippen molar-refractivity contribution in [3.05, 3.63) is 0 Å². The van der Waals surface area contributed by atoms with Crippen LogP contribution < -0.4 is 0 Å². The van der Waals surface area contributed by atoms with Crippen LogP contribution in [0.1, 0.15) is 125 Å². The van der Waals surface area contributed by atoms with Gasteiger partial charge in [0, 0.05) is 45.8 Å². The van der Waals surface area contributed by atoms with Gasteiger partial charge in [0.15, 0.2) is 0 Å². The van der Waals surface area contributed by atoms with Crippen molar-refractivity contribution < 1.29 is 18.3 Å². The normalized spacial score (nSPS) is 27.9. The van der Waals surface area contributed by atoms with Crippen LogP contribution in [-0.2, 0) is 9.47 Å². The zero-order chi connectivity index (χ0) is 28.0. The lowest BCUT2D eigenvalue weighted by Gasteiger charge is -2.47. The van der Waals surface area contributed by atoms with Crippen LogP contribution >= 0.6 is 0 Å². The first-order chi connectivity index (χ1) is 17.8. The van der Waals surface area contributed by atoms with Gasteiger partial charge in [0.05, 0.1) is 6.61 Å². The topological polar surface area (TPSA) is 21.7 Å². The first kappa shape index (κ1) is 32.3. The number of likely N-dealkylation sites (N-methyl/N-ethyl adjacent to an activating group) is 1. The van der Waals surface area contributed by atoms with Crippen molar-refractivity contribution in [3.63, 3.8) is 0 Å². The van der Waals surface area contributed by atoms with Gasteiger partial charge >= 0.3 is 0 Å². The van der Waals surface area contributed by atoms with Crippen molar-refractivity contribution in [3.8, 4) is 0 Å². The van der Waals surface area contributed by atoms with Gasteiger partial charge in [-0.2, -0.15) is 0 Å². The lowest BCUT2D eigenvalue weighted by molar-refractivity contribution is -0.0692. The summed E-state index contributed by atoms with van der Waals surface area (Å²) in [4.78, 5) is 2.49. The number of hydrogen-bond donors (Lipinski definition) is 0. The van der Waals surface area contributed by atoms with Gasteiger partial charge in [-0.1, -0.05) is 34.6 Å². The summed E-state index contributed by atoms with van der Waals surface area (Å²) in [6.07, 6.45) is 13.8. The molecule has 1 saturated heterocycles. The fourth-order valence-corrected chi connectivity index (χ4v) is 8.09. The highest BCUT2D eigenvalue weighted by molar-refractivity contribution is 4.94. The van der Waals surface area contributed by atoms with Gasteiger partial charge < -0.3 is 14.4 Å². The second-order valence-corrected chi connectivity index (χ2v) is 15.1. The number of nitrogens with zero attached hydrogens (tertiary/aromatic N) is 1. The average Bonchev–Trinajstić information content (AvgIpc) is 2.90. The van der Waals surface area contributed by atoms with Crippen molar-refractivity contribution in [1.82, 2.24) is 4.90 Å². The van der Waals surface area contributed by atoms with Gasteiger partial charge in [0.25, 0.3) is 0 Å². The molecule has 1 heterocycles. The number of methoxy groups -OCH3 is 1. The van der Waals surface area contributed by atoms with E-state index in [0.29, 0.717) is 36.1 Å². The van der Waals surface area contributed by atoms with E-state index in [4.69, 9.17) is 9.47 Å². The summed E-state index contributed by atoms with van der Waals surface area (Å²) in [5, 5.41) is 0. The van der Waals surface area contributed by atoms with Crippen LogP contribution in [0.2, 0.25) is 0 Å². The second-order valence-electron chi connectivity index (χ2n) is 15.1. The van der Waals surface area contributed by atoms with Crippen molar-refractivity contribution in [2.45, 2.75) is 136 Å². The zero-order valence-electron chi connectivity index (χ0n) is 26.1. The second kappa shape index (κ2) is 13.6. The third kappa shape index (κ3) is 8.87. The molecule has 5 heteroatoms. The van der Waals surface area contributed by atoms with Crippen molar-refractivity contribution >= 4 is 0 Å². The number of alkyl halides is 2. The summed E-state index contributed by atoms with van der Waals surface area (Å²) in [5.74, 6) is -0.556. The summed E-state index contributed by atoms with van der Waals surface area (Å²) in [6, 6.07) is 0.679. The highest BCUT2D eigenvalue weighted by atomic mass is 19.3. The molecule has 0 N–H and O–H groups in total. The molecule has 0 aromatic carbocycles. The van der Waals surface area contributed by atoms with Crippen molar-refractivity contribution in [2.75, 3.05) is 40.5 Å². The van der Waals surface area contributed by atoms with E-state index in [1.807, 2.05) is 0 Å². The molecule has 0 aromatic heterocycles. The fourth-order valence-electron chi connectivity index (χ4n) is 8.09.